The van der Waals surface area contributed by atoms with Crippen LogP contribution in [0, 0.1) is 0 Å². The molecular formula is C20H18ClF2N3O2. The second-order valence-corrected chi connectivity index (χ2v) is 7.58. The van der Waals surface area contributed by atoms with Gasteiger partial charge in [-0.2, -0.15) is 0 Å². The summed E-state index contributed by atoms with van der Waals surface area (Å²) in [6, 6.07) is 12.3. The summed E-state index contributed by atoms with van der Waals surface area (Å²) in [5.41, 5.74) is 4.60. The molecule has 5 nitrogen and oxygen atoms in total. The molecule has 0 saturated heterocycles. The molecule has 0 aliphatic carbocycles. The maximum Gasteiger partial charge on any atom is 0.261 e. The van der Waals surface area contributed by atoms with Crippen molar-refractivity contribution in [2.45, 2.75) is 17.6 Å². The summed E-state index contributed by atoms with van der Waals surface area (Å²) in [6.07, 6.45) is -0.275. The molecule has 2 aromatic carbocycles. The third-order valence-corrected chi connectivity index (χ3v) is 5.52. The topological polar surface area (TPSA) is 67.9 Å². The molecule has 146 valence electrons. The number of likely N-dealkylation sites (N-methyl/N-ethyl adjacent to an activating group) is 1. The Balaban J connectivity index is 1.93. The Morgan fingerprint density at radius 1 is 1.21 bits per heavy atom. The first-order valence-electron chi connectivity index (χ1n) is 8.69. The van der Waals surface area contributed by atoms with Gasteiger partial charge in [0, 0.05) is 24.1 Å². The lowest BCUT2D eigenvalue weighted by atomic mass is 9.76. The standard InChI is InChI=1S/C20H18ClF2N3O2/c1-26-17(27)20(25-18(26)24)9-19(10-22,11-23)28-16-6-5-13(8-15(16)20)12-3-2-4-14(21)7-12/h2-8H,9-11H2,1H3,(H2,24,25). The lowest BCUT2D eigenvalue weighted by Crippen LogP contribution is -2.54. The van der Waals surface area contributed by atoms with Crippen molar-refractivity contribution in [3.8, 4) is 16.9 Å². The van der Waals surface area contributed by atoms with Crippen molar-refractivity contribution in [2.24, 2.45) is 10.7 Å². The highest BCUT2D eigenvalue weighted by atomic mass is 35.5. The molecule has 0 fully saturated rings. The highest BCUT2D eigenvalue weighted by Gasteiger charge is 2.58. The number of nitrogens with two attached hydrogens (primary N) is 1. The Labute approximate surface area is 165 Å². The molecule has 0 aromatic heterocycles. The van der Waals surface area contributed by atoms with E-state index in [0.29, 0.717) is 10.6 Å². The van der Waals surface area contributed by atoms with E-state index < -0.39 is 30.4 Å². The summed E-state index contributed by atoms with van der Waals surface area (Å²) < 4.78 is 33.3. The van der Waals surface area contributed by atoms with Gasteiger partial charge in [0.1, 0.15) is 19.1 Å². The lowest BCUT2D eigenvalue weighted by molar-refractivity contribution is -0.135. The predicted octanol–water partition coefficient (Wildman–Crippen LogP) is 3.45. The summed E-state index contributed by atoms with van der Waals surface area (Å²) in [7, 11) is 1.48. The summed E-state index contributed by atoms with van der Waals surface area (Å²) in [5, 5.41) is 0.564. The number of ether oxygens (including phenoxy) is 1. The summed E-state index contributed by atoms with van der Waals surface area (Å²) in [4.78, 5) is 18.6. The number of carbonyl (C=O) groups is 1. The Morgan fingerprint density at radius 3 is 2.54 bits per heavy atom. The normalized spacial score (nSPS) is 22.8. The number of fused-ring (bicyclic) bond motifs is 2. The molecule has 1 unspecified atom stereocenters. The fourth-order valence-corrected chi connectivity index (χ4v) is 3.99. The first-order chi connectivity index (χ1) is 13.3. The quantitative estimate of drug-likeness (QED) is 0.850. The van der Waals surface area contributed by atoms with E-state index >= 15 is 0 Å². The van der Waals surface area contributed by atoms with Crippen molar-refractivity contribution in [2.75, 3.05) is 20.4 Å². The van der Waals surface area contributed by atoms with Crippen LogP contribution in [0.1, 0.15) is 12.0 Å². The number of hydrogen-bond donors (Lipinski definition) is 1. The highest BCUT2D eigenvalue weighted by Crippen LogP contribution is 2.50. The van der Waals surface area contributed by atoms with E-state index in [1.807, 2.05) is 12.1 Å². The molecular weight excluding hydrogens is 388 g/mol. The van der Waals surface area contributed by atoms with Gasteiger partial charge in [-0.15, -0.1) is 0 Å². The first kappa shape index (κ1) is 18.7. The van der Waals surface area contributed by atoms with Crippen molar-refractivity contribution in [3.63, 3.8) is 0 Å². The van der Waals surface area contributed by atoms with Gasteiger partial charge in [0.05, 0.1) is 0 Å². The Kier molecular flexibility index (Phi) is 4.30. The molecule has 1 atom stereocenters. The van der Waals surface area contributed by atoms with Gasteiger partial charge in [0.2, 0.25) is 0 Å². The molecule has 0 radical (unpaired) electrons. The van der Waals surface area contributed by atoms with Gasteiger partial charge in [0.15, 0.2) is 17.1 Å². The molecule has 2 N–H and O–H groups in total. The molecule has 2 aromatic rings. The fraction of sp³-hybridized carbons (Fsp3) is 0.300. The predicted molar refractivity (Wildman–Crippen MR) is 103 cm³/mol. The number of amides is 1. The largest absolute Gasteiger partial charge is 0.481 e. The second-order valence-electron chi connectivity index (χ2n) is 7.14. The van der Waals surface area contributed by atoms with Crippen LogP contribution in [0.25, 0.3) is 11.1 Å². The number of nitrogens with zero attached hydrogens (tertiary/aromatic N) is 2. The lowest BCUT2D eigenvalue weighted by Gasteiger charge is -2.42. The number of carbonyl (C=O) groups excluding carboxylic acids is 1. The Morgan fingerprint density at radius 2 is 1.93 bits per heavy atom. The van der Waals surface area contributed by atoms with Crippen LogP contribution in [-0.2, 0) is 10.3 Å². The highest BCUT2D eigenvalue weighted by molar-refractivity contribution is 6.30. The Hall–Kier alpha value is -2.67. The van der Waals surface area contributed by atoms with Crippen molar-refractivity contribution in [3.05, 3.63) is 53.1 Å². The third-order valence-electron chi connectivity index (χ3n) is 5.28. The van der Waals surface area contributed by atoms with Crippen LogP contribution < -0.4 is 10.5 Å². The van der Waals surface area contributed by atoms with Crippen LogP contribution in [0.15, 0.2) is 47.5 Å². The van der Waals surface area contributed by atoms with Gasteiger partial charge >= 0.3 is 0 Å². The summed E-state index contributed by atoms with van der Waals surface area (Å²) >= 11 is 6.09. The molecule has 0 bridgehead atoms. The van der Waals surface area contributed by atoms with Crippen molar-refractivity contribution in [1.29, 1.82) is 0 Å². The van der Waals surface area contributed by atoms with E-state index in [1.54, 1.807) is 30.3 Å². The Bertz CT molecular complexity index is 993. The average Bonchev–Trinajstić information content (AvgIpc) is 2.91. The van der Waals surface area contributed by atoms with Gasteiger partial charge in [0.25, 0.3) is 5.91 Å². The summed E-state index contributed by atoms with van der Waals surface area (Å²) in [5.74, 6) is -0.228. The molecule has 0 saturated carbocycles. The van der Waals surface area contributed by atoms with Gasteiger partial charge in [-0.3, -0.25) is 9.69 Å². The zero-order valence-electron chi connectivity index (χ0n) is 15.1. The number of guanidine groups is 1. The number of rotatable bonds is 3. The molecule has 4 rings (SSSR count). The zero-order valence-corrected chi connectivity index (χ0v) is 15.8. The number of benzene rings is 2. The monoisotopic (exact) mass is 405 g/mol. The van der Waals surface area contributed by atoms with Gasteiger partial charge in [-0.25, -0.2) is 13.8 Å². The van der Waals surface area contributed by atoms with Crippen LogP contribution in [0.3, 0.4) is 0 Å². The van der Waals surface area contributed by atoms with E-state index in [2.05, 4.69) is 4.99 Å². The molecule has 1 amide bonds. The molecule has 2 heterocycles. The first-order valence-corrected chi connectivity index (χ1v) is 9.07. The second kappa shape index (κ2) is 6.44. The van der Waals surface area contributed by atoms with Crippen LogP contribution >= 0.6 is 11.6 Å². The number of hydrogen-bond acceptors (Lipinski definition) is 4. The average molecular weight is 406 g/mol. The minimum absolute atomic E-state index is 0.00220. The smallest absolute Gasteiger partial charge is 0.261 e. The van der Waals surface area contributed by atoms with Crippen LogP contribution in [0.4, 0.5) is 8.78 Å². The minimum atomic E-state index is -1.78. The number of halogens is 3. The van der Waals surface area contributed by atoms with Gasteiger partial charge in [-0.05, 0) is 35.4 Å². The third kappa shape index (κ3) is 2.64. The van der Waals surface area contributed by atoms with Crippen molar-refractivity contribution < 1.29 is 18.3 Å². The summed E-state index contributed by atoms with van der Waals surface area (Å²) in [6.45, 7) is -2.18. The zero-order chi connectivity index (χ0) is 20.1. The van der Waals surface area contributed by atoms with Gasteiger partial charge in [-0.1, -0.05) is 29.8 Å². The van der Waals surface area contributed by atoms with E-state index in [-0.39, 0.29) is 18.1 Å². The van der Waals surface area contributed by atoms with Gasteiger partial charge < -0.3 is 10.5 Å². The SMILES string of the molecule is CN1C(=O)C2(CC(CF)(CF)Oc3ccc(-c4cccc(Cl)c4)cc32)N=C1N. The number of aliphatic imine (C=N–C) groups is 1. The van der Waals surface area contributed by atoms with Crippen LogP contribution in [0.5, 0.6) is 5.75 Å². The number of alkyl halides is 2. The molecule has 28 heavy (non-hydrogen) atoms. The van der Waals surface area contributed by atoms with E-state index in [1.165, 1.54) is 11.9 Å². The fourth-order valence-electron chi connectivity index (χ4n) is 3.80. The molecule has 1 spiro atoms. The minimum Gasteiger partial charge on any atom is -0.481 e. The van der Waals surface area contributed by atoms with E-state index in [9.17, 15) is 13.6 Å². The molecule has 2 aliphatic heterocycles. The maximum atomic E-state index is 13.8. The molecule has 2 aliphatic rings. The van der Waals surface area contributed by atoms with Crippen molar-refractivity contribution in [1.82, 2.24) is 4.90 Å². The van der Waals surface area contributed by atoms with E-state index in [4.69, 9.17) is 22.1 Å². The molecule has 8 heteroatoms. The van der Waals surface area contributed by atoms with Crippen LogP contribution in [0.2, 0.25) is 5.02 Å². The van der Waals surface area contributed by atoms with Crippen LogP contribution in [-0.4, -0.2) is 42.8 Å². The maximum absolute atomic E-state index is 13.8. The van der Waals surface area contributed by atoms with E-state index in [0.717, 1.165) is 11.1 Å². The van der Waals surface area contributed by atoms with Crippen molar-refractivity contribution >= 4 is 23.5 Å².